The summed E-state index contributed by atoms with van der Waals surface area (Å²) >= 11 is 0. The molecule has 9 heteroatoms. The van der Waals surface area contributed by atoms with E-state index in [2.05, 4.69) is 0 Å². The normalized spacial score (nSPS) is 18.8. The summed E-state index contributed by atoms with van der Waals surface area (Å²) in [6.07, 6.45) is -1.29. The number of amides is 1. The lowest BCUT2D eigenvalue weighted by molar-refractivity contribution is 0.00578. The van der Waals surface area contributed by atoms with Crippen LogP contribution in [0.15, 0.2) is 16.5 Å². The molecule has 1 aliphatic rings. The monoisotopic (exact) mass is 353 g/mol. The second-order valence-corrected chi connectivity index (χ2v) is 7.03. The molecule has 1 aromatic carbocycles. The zero-order valence-corrected chi connectivity index (χ0v) is 14.5. The summed E-state index contributed by atoms with van der Waals surface area (Å²) < 4.78 is 45.6. The van der Waals surface area contributed by atoms with E-state index >= 15 is 0 Å². The van der Waals surface area contributed by atoms with Crippen LogP contribution >= 0.6 is 0 Å². The zero-order valence-electron chi connectivity index (χ0n) is 14.5. The molecule has 0 aliphatic carbocycles. The van der Waals surface area contributed by atoms with Gasteiger partial charge in [-0.3, -0.25) is 4.90 Å². The van der Waals surface area contributed by atoms with E-state index in [1.54, 1.807) is 27.7 Å². The average Bonchev–Trinajstić information content (AvgIpc) is 3.01. The maximum Gasteiger partial charge on any atom is 0.497 e. The van der Waals surface area contributed by atoms with Crippen molar-refractivity contribution in [3.05, 3.63) is 23.8 Å². The van der Waals surface area contributed by atoms with Gasteiger partial charge in [0.1, 0.15) is 0 Å². The van der Waals surface area contributed by atoms with Crippen molar-refractivity contribution in [2.45, 2.75) is 38.9 Å². The smallest absolute Gasteiger partial charge is 0.465 e. The van der Waals surface area contributed by atoms with Gasteiger partial charge in [-0.1, -0.05) is 0 Å². The highest BCUT2D eigenvalue weighted by molar-refractivity contribution is 6.62. The van der Waals surface area contributed by atoms with Crippen molar-refractivity contribution in [3.8, 4) is 0 Å². The molecule has 2 aromatic rings. The van der Waals surface area contributed by atoms with Crippen molar-refractivity contribution in [2.24, 2.45) is 0 Å². The van der Waals surface area contributed by atoms with Crippen molar-refractivity contribution in [1.82, 2.24) is 0 Å². The Kier molecular flexibility index (Phi) is 3.85. The number of carbonyl (C=O) groups is 1. The lowest BCUT2D eigenvalue weighted by atomic mass is 9.78. The summed E-state index contributed by atoms with van der Waals surface area (Å²) in [5, 5.41) is 9.20. The molecule has 3 rings (SSSR count). The largest absolute Gasteiger partial charge is 0.497 e. The fourth-order valence-corrected chi connectivity index (χ4v) is 2.53. The molecule has 0 atom stereocenters. The molecule has 0 unspecified atom stereocenters. The molecule has 25 heavy (non-hydrogen) atoms. The topological polar surface area (TPSA) is 72.1 Å². The van der Waals surface area contributed by atoms with Crippen molar-refractivity contribution < 1.29 is 32.4 Å². The Morgan fingerprint density at radius 1 is 1.12 bits per heavy atom. The number of rotatable bonds is 2. The first kappa shape index (κ1) is 17.7. The molecule has 0 radical (unpaired) electrons. The Bertz CT molecular complexity index is 848. The van der Waals surface area contributed by atoms with Crippen LogP contribution < -0.4 is 10.4 Å². The van der Waals surface area contributed by atoms with Crippen molar-refractivity contribution >= 4 is 35.5 Å². The Hall–Kier alpha value is -2.13. The van der Waals surface area contributed by atoms with E-state index in [-0.39, 0.29) is 22.3 Å². The number of fused-ring (bicyclic) bond motifs is 1. The van der Waals surface area contributed by atoms with Gasteiger partial charge in [0.25, 0.3) is 0 Å². The summed E-state index contributed by atoms with van der Waals surface area (Å²) in [6, 6.07) is 2.67. The number of halogens is 2. The molecule has 1 aromatic heterocycles. The van der Waals surface area contributed by atoms with Crippen LogP contribution in [0.1, 0.15) is 27.7 Å². The third kappa shape index (κ3) is 2.67. The van der Waals surface area contributed by atoms with Crippen LogP contribution in [-0.2, 0) is 9.31 Å². The Morgan fingerprint density at radius 3 is 2.20 bits per heavy atom. The molecule has 0 saturated carbocycles. The van der Waals surface area contributed by atoms with E-state index in [4.69, 9.17) is 18.8 Å². The molecule has 0 bridgehead atoms. The summed E-state index contributed by atoms with van der Waals surface area (Å²) in [6.45, 7) is 7.21. The highest BCUT2D eigenvalue weighted by Gasteiger charge is 2.52. The standard InChI is InChI=1S/C16H18BF2NO5/c1-15(2)16(3,4)25-17(24-15)9-6-8-7-10(20(5)14(21)22)23-13(8)12(19)11(9)18/h6-7H,1-5H3,(H,21,22). The summed E-state index contributed by atoms with van der Waals surface area (Å²) in [4.78, 5) is 11.8. The van der Waals surface area contributed by atoms with Gasteiger partial charge < -0.3 is 18.8 Å². The van der Waals surface area contributed by atoms with Crippen LogP contribution in [0.2, 0.25) is 0 Å². The van der Waals surface area contributed by atoms with Gasteiger partial charge in [-0.25, -0.2) is 9.18 Å². The van der Waals surface area contributed by atoms with Gasteiger partial charge in [-0.05, 0) is 33.8 Å². The van der Waals surface area contributed by atoms with E-state index in [9.17, 15) is 13.6 Å². The molecule has 0 spiro atoms. The van der Waals surface area contributed by atoms with Crippen LogP contribution in [-0.4, -0.2) is 36.6 Å². The number of anilines is 1. The van der Waals surface area contributed by atoms with Crippen LogP contribution in [0.5, 0.6) is 0 Å². The van der Waals surface area contributed by atoms with Gasteiger partial charge in [0.15, 0.2) is 11.4 Å². The highest BCUT2D eigenvalue weighted by atomic mass is 19.2. The first-order valence-corrected chi connectivity index (χ1v) is 7.68. The highest BCUT2D eigenvalue weighted by Crippen LogP contribution is 2.37. The molecule has 1 N–H and O–H groups in total. The second kappa shape index (κ2) is 5.44. The number of hydrogen-bond acceptors (Lipinski definition) is 4. The molecule has 1 saturated heterocycles. The minimum absolute atomic E-state index is 0.103. The van der Waals surface area contributed by atoms with E-state index in [0.29, 0.717) is 0 Å². The SMILES string of the molecule is CN(C(=O)O)c1cc2cc(B3OC(C)(C)C(C)(C)O3)c(F)c(F)c2o1. The lowest BCUT2D eigenvalue weighted by Crippen LogP contribution is -2.41. The van der Waals surface area contributed by atoms with E-state index in [1.165, 1.54) is 19.2 Å². The summed E-state index contributed by atoms with van der Waals surface area (Å²) in [5.74, 6) is -2.48. The maximum absolute atomic E-state index is 14.5. The van der Waals surface area contributed by atoms with E-state index in [0.717, 1.165) is 4.90 Å². The third-order valence-corrected chi connectivity index (χ3v) is 4.83. The molecule has 1 fully saturated rings. The Labute approximate surface area is 143 Å². The molecule has 6 nitrogen and oxygen atoms in total. The van der Waals surface area contributed by atoms with Gasteiger partial charge in [0.05, 0.1) is 11.2 Å². The first-order valence-electron chi connectivity index (χ1n) is 7.68. The molecule has 1 amide bonds. The predicted molar refractivity (Wildman–Crippen MR) is 88.3 cm³/mol. The van der Waals surface area contributed by atoms with Gasteiger partial charge >= 0.3 is 13.2 Å². The number of furan rings is 1. The number of benzene rings is 1. The molecule has 2 heterocycles. The second-order valence-electron chi connectivity index (χ2n) is 7.03. The minimum atomic E-state index is -1.29. The van der Waals surface area contributed by atoms with E-state index in [1.807, 2.05) is 0 Å². The van der Waals surface area contributed by atoms with Gasteiger partial charge in [-0.2, -0.15) is 4.39 Å². The van der Waals surface area contributed by atoms with Crippen LogP contribution in [0.4, 0.5) is 19.5 Å². The maximum atomic E-state index is 14.5. The Morgan fingerprint density at radius 2 is 1.68 bits per heavy atom. The quantitative estimate of drug-likeness (QED) is 0.840. The third-order valence-electron chi connectivity index (χ3n) is 4.83. The summed E-state index contributed by atoms with van der Waals surface area (Å²) in [7, 11) is 0.156. The van der Waals surface area contributed by atoms with Gasteiger partial charge in [-0.15, -0.1) is 0 Å². The van der Waals surface area contributed by atoms with E-state index < -0.39 is 36.0 Å². The van der Waals surface area contributed by atoms with Crippen LogP contribution in [0, 0.1) is 11.6 Å². The summed E-state index contributed by atoms with van der Waals surface area (Å²) in [5.41, 5.74) is -1.88. The fraction of sp³-hybridized carbons (Fsp3) is 0.438. The van der Waals surface area contributed by atoms with Crippen LogP contribution in [0.25, 0.3) is 11.0 Å². The molecule has 1 aliphatic heterocycles. The number of hydrogen-bond donors (Lipinski definition) is 1. The molecular weight excluding hydrogens is 335 g/mol. The average molecular weight is 353 g/mol. The van der Waals surface area contributed by atoms with Crippen molar-refractivity contribution in [3.63, 3.8) is 0 Å². The van der Waals surface area contributed by atoms with Gasteiger partial charge in [0, 0.05) is 24.0 Å². The van der Waals surface area contributed by atoms with Crippen molar-refractivity contribution in [2.75, 3.05) is 11.9 Å². The van der Waals surface area contributed by atoms with Gasteiger partial charge in [0.2, 0.25) is 11.7 Å². The van der Waals surface area contributed by atoms with Crippen molar-refractivity contribution in [1.29, 1.82) is 0 Å². The Balaban J connectivity index is 2.09. The minimum Gasteiger partial charge on any atom is -0.465 e. The predicted octanol–water partition coefficient (Wildman–Crippen LogP) is 3.12. The lowest BCUT2D eigenvalue weighted by Gasteiger charge is -2.32. The first-order chi connectivity index (χ1) is 11.4. The number of nitrogens with zero attached hydrogens (tertiary/aromatic N) is 1. The zero-order chi connectivity index (χ0) is 18.7. The molecular formula is C16H18BF2NO5. The van der Waals surface area contributed by atoms with Crippen LogP contribution in [0.3, 0.4) is 0 Å². The number of carboxylic acid groups (broad SMARTS) is 1. The fourth-order valence-electron chi connectivity index (χ4n) is 2.53. The molecule has 134 valence electrons.